The lowest BCUT2D eigenvalue weighted by molar-refractivity contribution is -0.138. The summed E-state index contributed by atoms with van der Waals surface area (Å²) in [5.41, 5.74) is 1.93. The molecule has 3 aliphatic heterocycles. The van der Waals surface area contributed by atoms with Crippen LogP contribution in [0.5, 0.6) is 0 Å². The Morgan fingerprint density at radius 3 is 2.41 bits per heavy atom. The fourth-order valence-corrected chi connectivity index (χ4v) is 7.89. The van der Waals surface area contributed by atoms with Crippen LogP contribution in [0.2, 0.25) is 0 Å². The molecule has 41 heavy (non-hydrogen) atoms. The molecule has 4 aliphatic rings. The topological polar surface area (TPSA) is 103 Å². The molecule has 224 valence electrons. The minimum atomic E-state index is -0.712. The van der Waals surface area contributed by atoms with Gasteiger partial charge in [0.25, 0.3) is 0 Å². The van der Waals surface area contributed by atoms with Gasteiger partial charge >= 0.3 is 0 Å². The third-order valence-electron chi connectivity index (χ3n) is 9.71. The second kappa shape index (κ2) is 13.2. The number of amides is 3. The van der Waals surface area contributed by atoms with E-state index in [1.54, 1.807) is 18.3 Å². The predicted molar refractivity (Wildman–Crippen MR) is 164 cm³/mol. The highest BCUT2D eigenvalue weighted by Crippen LogP contribution is 2.40. The lowest BCUT2D eigenvalue weighted by Crippen LogP contribution is -2.58. The Morgan fingerprint density at radius 2 is 1.76 bits per heavy atom. The summed E-state index contributed by atoms with van der Waals surface area (Å²) >= 11 is 1.59. The van der Waals surface area contributed by atoms with Crippen LogP contribution in [0.15, 0.2) is 18.2 Å². The molecule has 0 unspecified atom stereocenters. The van der Waals surface area contributed by atoms with Crippen molar-refractivity contribution in [2.75, 3.05) is 26.2 Å². The normalized spacial score (nSPS) is 24.2. The molecule has 1 aromatic carbocycles. The first-order valence-corrected chi connectivity index (χ1v) is 16.6. The Balaban J connectivity index is 1.29. The van der Waals surface area contributed by atoms with Crippen LogP contribution in [-0.4, -0.2) is 65.9 Å². The first-order chi connectivity index (χ1) is 19.8. The summed E-state index contributed by atoms with van der Waals surface area (Å²) in [7, 11) is 0. The molecule has 9 heteroatoms. The van der Waals surface area contributed by atoms with E-state index in [0.717, 1.165) is 79.8 Å². The number of rotatable bonds is 11. The molecule has 3 amide bonds. The van der Waals surface area contributed by atoms with Gasteiger partial charge in [-0.25, -0.2) is 4.98 Å². The summed E-state index contributed by atoms with van der Waals surface area (Å²) in [5.74, 6) is 0.549. The van der Waals surface area contributed by atoms with Gasteiger partial charge in [-0.05, 0) is 81.3 Å². The van der Waals surface area contributed by atoms with Crippen LogP contribution < -0.4 is 16.0 Å². The molecule has 1 saturated carbocycles. The number of carbonyl (C=O) groups excluding carboxylic acids is 3. The summed E-state index contributed by atoms with van der Waals surface area (Å²) in [6, 6.07) is 5.46. The Labute approximate surface area is 248 Å². The molecule has 2 atom stereocenters. The van der Waals surface area contributed by atoms with Crippen molar-refractivity contribution in [2.24, 2.45) is 11.3 Å². The predicted octanol–water partition coefficient (Wildman–Crippen LogP) is 4.52. The highest BCUT2D eigenvalue weighted by atomic mass is 32.1. The highest BCUT2D eigenvalue weighted by Gasteiger charge is 2.45. The van der Waals surface area contributed by atoms with E-state index in [9.17, 15) is 14.4 Å². The molecule has 8 nitrogen and oxygen atoms in total. The van der Waals surface area contributed by atoms with Crippen molar-refractivity contribution >= 4 is 39.3 Å². The molecule has 2 bridgehead atoms. The Kier molecular flexibility index (Phi) is 9.64. The highest BCUT2D eigenvalue weighted by molar-refractivity contribution is 7.18. The molecule has 0 spiro atoms. The third-order valence-corrected chi connectivity index (χ3v) is 10.7. The largest absolute Gasteiger partial charge is 0.354 e. The number of thiazole rings is 1. The minimum Gasteiger partial charge on any atom is -0.354 e. The number of nitrogens with one attached hydrogen (secondary N) is 3. The molecule has 1 aliphatic carbocycles. The van der Waals surface area contributed by atoms with Crippen molar-refractivity contribution in [3.63, 3.8) is 0 Å². The van der Waals surface area contributed by atoms with E-state index >= 15 is 0 Å². The van der Waals surface area contributed by atoms with Crippen molar-refractivity contribution in [2.45, 2.75) is 103 Å². The summed E-state index contributed by atoms with van der Waals surface area (Å²) in [6.45, 7) is 9.58. The average molecular weight is 582 g/mol. The van der Waals surface area contributed by atoms with Crippen molar-refractivity contribution < 1.29 is 14.4 Å². The lowest BCUT2D eigenvalue weighted by atomic mass is 9.71. The van der Waals surface area contributed by atoms with Crippen LogP contribution in [0, 0.1) is 11.3 Å². The van der Waals surface area contributed by atoms with Gasteiger partial charge in [-0.1, -0.05) is 46.1 Å². The Hall–Kier alpha value is -2.52. The smallest absolute Gasteiger partial charge is 0.243 e. The molecule has 4 fully saturated rings. The lowest BCUT2D eigenvalue weighted by Gasteiger charge is -2.47. The summed E-state index contributed by atoms with van der Waals surface area (Å²) in [6.07, 6.45) is 9.01. The van der Waals surface area contributed by atoms with Crippen LogP contribution in [0.25, 0.3) is 10.2 Å². The quantitative estimate of drug-likeness (QED) is 0.362. The van der Waals surface area contributed by atoms with Gasteiger partial charge in [-0.15, -0.1) is 11.3 Å². The number of hydrogen-bond acceptors (Lipinski definition) is 6. The van der Waals surface area contributed by atoms with Crippen LogP contribution in [-0.2, 0) is 20.8 Å². The molecule has 4 heterocycles. The van der Waals surface area contributed by atoms with E-state index in [2.05, 4.69) is 46.8 Å². The van der Waals surface area contributed by atoms with Gasteiger partial charge in [0.05, 0.1) is 20.6 Å². The van der Waals surface area contributed by atoms with Crippen molar-refractivity contribution in [3.8, 4) is 0 Å². The van der Waals surface area contributed by atoms with E-state index < -0.39 is 6.04 Å². The van der Waals surface area contributed by atoms with E-state index in [-0.39, 0.29) is 29.2 Å². The summed E-state index contributed by atoms with van der Waals surface area (Å²) in [4.78, 5) is 47.0. The van der Waals surface area contributed by atoms with Crippen LogP contribution in [0.3, 0.4) is 0 Å². The fourth-order valence-electron chi connectivity index (χ4n) is 6.83. The number of piperidine rings is 3. The van der Waals surface area contributed by atoms with Crippen LogP contribution in [0.1, 0.15) is 95.0 Å². The SMILES string of the molecule is CCC(=O)N[C@@H](Cc1nc2ccc(C(C)C)cc2s1)C(=O)N[C@H](CNC(=O)C12CCN(CC1)CC2)C1CCCCC1. The van der Waals surface area contributed by atoms with Gasteiger partial charge in [0, 0.05) is 25.4 Å². The van der Waals surface area contributed by atoms with Gasteiger partial charge in [0.2, 0.25) is 17.7 Å². The van der Waals surface area contributed by atoms with Crippen LogP contribution >= 0.6 is 11.3 Å². The molecular formula is C32H47N5O3S. The summed E-state index contributed by atoms with van der Waals surface area (Å²) < 4.78 is 1.10. The van der Waals surface area contributed by atoms with E-state index in [0.29, 0.717) is 31.2 Å². The number of aromatic nitrogens is 1. The first kappa shape index (κ1) is 30.0. The van der Waals surface area contributed by atoms with Gasteiger partial charge in [-0.2, -0.15) is 0 Å². The maximum Gasteiger partial charge on any atom is 0.243 e. The number of benzene rings is 1. The number of fused-ring (bicyclic) bond motifs is 4. The zero-order chi connectivity index (χ0) is 29.0. The number of nitrogens with zero attached hydrogens (tertiary/aromatic N) is 2. The van der Waals surface area contributed by atoms with Crippen molar-refractivity contribution in [1.82, 2.24) is 25.8 Å². The molecule has 6 rings (SSSR count). The van der Waals surface area contributed by atoms with Crippen LogP contribution in [0.4, 0.5) is 0 Å². The van der Waals surface area contributed by atoms with Gasteiger partial charge in [0.15, 0.2) is 0 Å². The zero-order valence-electron chi connectivity index (χ0n) is 25.0. The number of carbonyl (C=O) groups is 3. The molecular weight excluding hydrogens is 534 g/mol. The third kappa shape index (κ3) is 7.11. The first-order valence-electron chi connectivity index (χ1n) is 15.8. The summed E-state index contributed by atoms with van der Waals surface area (Å²) in [5, 5.41) is 10.4. The Bertz CT molecular complexity index is 1220. The monoisotopic (exact) mass is 581 g/mol. The van der Waals surface area contributed by atoms with Crippen molar-refractivity contribution in [3.05, 3.63) is 28.8 Å². The zero-order valence-corrected chi connectivity index (χ0v) is 25.8. The molecule has 3 N–H and O–H groups in total. The number of hydrogen-bond donors (Lipinski definition) is 3. The van der Waals surface area contributed by atoms with Gasteiger partial charge < -0.3 is 20.9 Å². The van der Waals surface area contributed by atoms with Gasteiger partial charge in [-0.3, -0.25) is 14.4 Å². The Morgan fingerprint density at radius 1 is 1.05 bits per heavy atom. The molecule has 3 saturated heterocycles. The van der Waals surface area contributed by atoms with Crippen molar-refractivity contribution in [1.29, 1.82) is 0 Å². The minimum absolute atomic E-state index is 0.151. The van der Waals surface area contributed by atoms with Gasteiger partial charge in [0.1, 0.15) is 6.04 Å². The standard InChI is InChI=1S/C32H47N5O3S/c1-4-28(38)34-25(19-29-35-24-11-10-23(21(2)3)18-27(24)41-29)30(39)36-26(22-8-6-5-7-9-22)20-33-31(40)32-12-15-37(16-13-32)17-14-32/h10-11,18,21-22,25-26H,4-9,12-17,19-20H2,1-3H3,(H,33,40)(H,34,38)(H,36,39)/t25-,26+/m0/s1. The molecule has 1 aromatic heterocycles. The second-order valence-corrected chi connectivity index (χ2v) is 13.9. The molecule has 2 aromatic rings. The average Bonchev–Trinajstić information content (AvgIpc) is 3.41. The fraction of sp³-hybridized carbons (Fsp3) is 0.688. The maximum atomic E-state index is 13.8. The van der Waals surface area contributed by atoms with E-state index in [1.165, 1.54) is 12.0 Å². The van der Waals surface area contributed by atoms with E-state index in [4.69, 9.17) is 4.98 Å². The molecule has 0 radical (unpaired) electrons. The van der Waals surface area contributed by atoms with E-state index in [1.807, 2.05) is 6.07 Å². The second-order valence-electron chi connectivity index (χ2n) is 12.8. The maximum absolute atomic E-state index is 13.8.